The summed E-state index contributed by atoms with van der Waals surface area (Å²) in [6.45, 7) is 10.9. The molecule has 0 aromatic carbocycles. The van der Waals surface area contributed by atoms with E-state index in [-0.39, 0.29) is 17.4 Å². The van der Waals surface area contributed by atoms with Crippen LogP contribution >= 0.6 is 0 Å². The molecule has 0 aliphatic heterocycles. The van der Waals surface area contributed by atoms with Gasteiger partial charge in [-0.15, -0.1) is 0 Å². The fourth-order valence-electron chi connectivity index (χ4n) is 1.36. The molecule has 3 N–H and O–H groups in total. The molecule has 0 unspecified atom stereocenters. The van der Waals surface area contributed by atoms with E-state index >= 15 is 0 Å². The van der Waals surface area contributed by atoms with Gasteiger partial charge in [-0.05, 0) is 20.8 Å². The lowest BCUT2D eigenvalue weighted by Crippen LogP contribution is -2.42. The van der Waals surface area contributed by atoms with Crippen LogP contribution < -0.4 is 16.0 Å². The Hall–Kier alpha value is -1.10. The largest absolute Gasteiger partial charge is 0.356 e. The van der Waals surface area contributed by atoms with Crippen LogP contribution in [-0.4, -0.2) is 36.5 Å². The molecule has 0 heterocycles. The van der Waals surface area contributed by atoms with Crippen LogP contribution in [0, 0.1) is 0 Å². The van der Waals surface area contributed by atoms with Crippen LogP contribution in [0.25, 0.3) is 0 Å². The Labute approximate surface area is 110 Å². The van der Waals surface area contributed by atoms with Crippen LogP contribution in [0.5, 0.6) is 0 Å². The maximum Gasteiger partial charge on any atom is 0.222 e. The van der Waals surface area contributed by atoms with Crippen LogP contribution in [-0.2, 0) is 9.59 Å². The lowest BCUT2D eigenvalue weighted by Gasteiger charge is -2.20. The molecule has 0 saturated heterocycles. The average molecular weight is 257 g/mol. The summed E-state index contributed by atoms with van der Waals surface area (Å²) in [5.41, 5.74) is -0.220. The van der Waals surface area contributed by atoms with Crippen LogP contribution in [0.15, 0.2) is 0 Å². The number of hydrogen-bond acceptors (Lipinski definition) is 3. The van der Waals surface area contributed by atoms with Gasteiger partial charge in [-0.1, -0.05) is 13.8 Å². The van der Waals surface area contributed by atoms with Crippen molar-refractivity contribution >= 4 is 11.8 Å². The van der Waals surface area contributed by atoms with Crippen LogP contribution in [0.2, 0.25) is 0 Å². The zero-order valence-electron chi connectivity index (χ0n) is 12.2. The fraction of sp³-hybridized carbons (Fsp3) is 0.846. The first-order valence-corrected chi connectivity index (χ1v) is 6.52. The normalized spacial score (nSPS) is 11.4. The Morgan fingerprint density at radius 3 is 2.06 bits per heavy atom. The molecule has 18 heavy (non-hydrogen) atoms. The van der Waals surface area contributed by atoms with Crippen molar-refractivity contribution in [3.8, 4) is 0 Å². The second-order valence-corrected chi connectivity index (χ2v) is 5.76. The Morgan fingerprint density at radius 1 is 1.00 bits per heavy atom. The quantitative estimate of drug-likeness (QED) is 0.631. The minimum Gasteiger partial charge on any atom is -0.356 e. The Bertz CT molecular complexity index is 270. The number of carbonyl (C=O) groups excluding carboxylic acids is 2. The number of nitrogens with one attached hydrogen (secondary N) is 3. The molecule has 0 aliphatic rings. The maximum absolute atomic E-state index is 11.5. The zero-order valence-corrected chi connectivity index (χ0v) is 12.2. The van der Waals surface area contributed by atoms with Gasteiger partial charge in [-0.3, -0.25) is 9.59 Å². The van der Waals surface area contributed by atoms with E-state index in [0.29, 0.717) is 32.0 Å². The molecule has 0 aliphatic carbocycles. The predicted octanol–water partition coefficient (Wildman–Crippen LogP) is 0.796. The topological polar surface area (TPSA) is 70.2 Å². The first kappa shape index (κ1) is 16.9. The van der Waals surface area contributed by atoms with E-state index in [0.717, 1.165) is 0 Å². The Morgan fingerprint density at radius 2 is 1.56 bits per heavy atom. The molecule has 0 aromatic rings. The smallest absolute Gasteiger partial charge is 0.222 e. The summed E-state index contributed by atoms with van der Waals surface area (Å²) in [6.07, 6.45) is 0.764. The van der Waals surface area contributed by atoms with E-state index in [4.69, 9.17) is 0 Å². The van der Waals surface area contributed by atoms with Crippen molar-refractivity contribution in [2.24, 2.45) is 0 Å². The van der Waals surface area contributed by atoms with Crippen LogP contribution in [0.4, 0.5) is 0 Å². The van der Waals surface area contributed by atoms with E-state index < -0.39 is 0 Å². The summed E-state index contributed by atoms with van der Waals surface area (Å²) < 4.78 is 0. The third-order valence-corrected chi connectivity index (χ3v) is 2.09. The van der Waals surface area contributed by atoms with Gasteiger partial charge in [-0.2, -0.15) is 0 Å². The Kier molecular flexibility index (Phi) is 7.59. The average Bonchev–Trinajstić information content (AvgIpc) is 2.13. The van der Waals surface area contributed by atoms with Gasteiger partial charge < -0.3 is 16.0 Å². The third kappa shape index (κ3) is 11.4. The number of carbonyl (C=O) groups is 2. The highest BCUT2D eigenvalue weighted by Gasteiger charge is 2.13. The molecule has 0 rings (SSSR count). The minimum atomic E-state index is -0.220. The molecule has 5 heteroatoms. The monoisotopic (exact) mass is 257 g/mol. The van der Waals surface area contributed by atoms with Gasteiger partial charge in [0, 0.05) is 37.5 Å². The van der Waals surface area contributed by atoms with Crippen LogP contribution in [0.1, 0.15) is 47.5 Å². The molecule has 0 bridgehead atoms. The zero-order chi connectivity index (χ0) is 14.2. The van der Waals surface area contributed by atoms with Crippen LogP contribution in [0.3, 0.4) is 0 Å². The number of amides is 2. The Balaban J connectivity index is 3.59. The summed E-state index contributed by atoms with van der Waals surface area (Å²) in [6, 6.07) is 0.385. The van der Waals surface area contributed by atoms with Crippen molar-refractivity contribution in [1.82, 2.24) is 16.0 Å². The highest BCUT2D eigenvalue weighted by Crippen LogP contribution is 1.98. The van der Waals surface area contributed by atoms with Gasteiger partial charge in [0.25, 0.3) is 0 Å². The maximum atomic E-state index is 11.5. The molecule has 0 aromatic heterocycles. The molecule has 2 amide bonds. The molecule has 0 saturated carbocycles. The summed E-state index contributed by atoms with van der Waals surface area (Å²) in [4.78, 5) is 22.9. The van der Waals surface area contributed by atoms with Gasteiger partial charge in [0.1, 0.15) is 0 Å². The molecule has 0 fully saturated rings. The molecule has 106 valence electrons. The molecular formula is C13H27N3O2. The van der Waals surface area contributed by atoms with Gasteiger partial charge in [0.2, 0.25) is 11.8 Å². The minimum absolute atomic E-state index is 0.0216. The molecule has 0 radical (unpaired) electrons. The second-order valence-electron chi connectivity index (χ2n) is 5.76. The first-order chi connectivity index (χ1) is 8.20. The lowest BCUT2D eigenvalue weighted by molar-refractivity contribution is -0.123. The van der Waals surface area contributed by atoms with Gasteiger partial charge in [0.05, 0.1) is 0 Å². The summed E-state index contributed by atoms with van der Waals surface area (Å²) >= 11 is 0. The summed E-state index contributed by atoms with van der Waals surface area (Å²) in [5, 5.41) is 8.75. The highest BCUT2D eigenvalue weighted by atomic mass is 16.2. The van der Waals surface area contributed by atoms with E-state index in [1.165, 1.54) is 0 Å². The predicted molar refractivity (Wildman–Crippen MR) is 73.3 cm³/mol. The van der Waals surface area contributed by atoms with Gasteiger partial charge in [0.15, 0.2) is 0 Å². The highest BCUT2D eigenvalue weighted by molar-refractivity contribution is 5.79. The summed E-state index contributed by atoms with van der Waals surface area (Å²) in [7, 11) is 0. The van der Waals surface area contributed by atoms with Gasteiger partial charge >= 0.3 is 0 Å². The number of rotatable bonds is 7. The standard InChI is InChI=1S/C13H27N3O2/c1-10(2)14-8-6-11(17)15-9-7-12(18)16-13(3,4)5/h10,14H,6-9H2,1-5H3,(H,15,17)(H,16,18). The van der Waals surface area contributed by atoms with E-state index in [1.807, 2.05) is 34.6 Å². The molecular weight excluding hydrogens is 230 g/mol. The van der Waals surface area contributed by atoms with Crippen molar-refractivity contribution < 1.29 is 9.59 Å². The second kappa shape index (κ2) is 8.08. The van der Waals surface area contributed by atoms with E-state index in [1.54, 1.807) is 0 Å². The molecule has 5 nitrogen and oxygen atoms in total. The van der Waals surface area contributed by atoms with Crippen molar-refractivity contribution in [2.75, 3.05) is 13.1 Å². The van der Waals surface area contributed by atoms with Crippen molar-refractivity contribution in [3.63, 3.8) is 0 Å². The van der Waals surface area contributed by atoms with E-state index in [2.05, 4.69) is 16.0 Å². The molecule has 0 atom stereocenters. The van der Waals surface area contributed by atoms with Crippen molar-refractivity contribution in [1.29, 1.82) is 0 Å². The number of hydrogen-bond donors (Lipinski definition) is 3. The van der Waals surface area contributed by atoms with Gasteiger partial charge in [-0.25, -0.2) is 0 Å². The SMILES string of the molecule is CC(C)NCCC(=O)NCCC(=O)NC(C)(C)C. The van der Waals surface area contributed by atoms with Crippen molar-refractivity contribution in [2.45, 2.75) is 59.0 Å². The first-order valence-electron chi connectivity index (χ1n) is 6.52. The summed E-state index contributed by atoms with van der Waals surface area (Å²) in [5.74, 6) is -0.0604. The lowest BCUT2D eigenvalue weighted by atomic mass is 10.1. The molecule has 0 spiro atoms. The van der Waals surface area contributed by atoms with E-state index in [9.17, 15) is 9.59 Å². The van der Waals surface area contributed by atoms with Crippen molar-refractivity contribution in [3.05, 3.63) is 0 Å². The fourth-order valence-corrected chi connectivity index (χ4v) is 1.36. The third-order valence-electron chi connectivity index (χ3n) is 2.09.